The summed E-state index contributed by atoms with van der Waals surface area (Å²) in [6.07, 6.45) is 2.60. The van der Waals surface area contributed by atoms with Gasteiger partial charge in [0.15, 0.2) is 0 Å². The van der Waals surface area contributed by atoms with E-state index < -0.39 is 0 Å². The van der Waals surface area contributed by atoms with E-state index in [9.17, 15) is 0 Å². The van der Waals surface area contributed by atoms with E-state index in [2.05, 4.69) is 56.7 Å². The third kappa shape index (κ3) is 2.58. The van der Waals surface area contributed by atoms with Crippen molar-refractivity contribution < 1.29 is 0 Å². The quantitative estimate of drug-likeness (QED) is 0.771. The number of aromatic nitrogens is 2. The summed E-state index contributed by atoms with van der Waals surface area (Å²) in [4.78, 5) is 2.53. The van der Waals surface area contributed by atoms with Crippen LogP contribution >= 0.6 is 27.3 Å². The third-order valence-electron chi connectivity index (χ3n) is 3.64. The highest BCUT2D eigenvalue weighted by atomic mass is 79.9. The molecule has 2 heterocycles. The van der Waals surface area contributed by atoms with Gasteiger partial charge in [0.25, 0.3) is 0 Å². The normalized spacial score (nSPS) is 14.9. The number of hydrogen-bond donors (Lipinski definition) is 0. The second-order valence-electron chi connectivity index (χ2n) is 5.14. The van der Waals surface area contributed by atoms with Gasteiger partial charge in [-0.05, 0) is 42.2 Å². The van der Waals surface area contributed by atoms with Crippen LogP contribution in [0, 0.1) is 6.92 Å². The number of anilines is 1. The summed E-state index contributed by atoms with van der Waals surface area (Å²) in [6, 6.07) is 2.91. The van der Waals surface area contributed by atoms with Gasteiger partial charge in [-0.3, -0.25) is 4.68 Å². The van der Waals surface area contributed by atoms with Gasteiger partial charge in [-0.1, -0.05) is 15.9 Å². The maximum absolute atomic E-state index is 4.59. The highest BCUT2D eigenvalue weighted by molar-refractivity contribution is 9.08. The minimum absolute atomic E-state index is 0.687. The SMILES string of the molecule is Cc1nn(C)c(N(Cc2ccsc2)C2CC2)c1CBr. The summed E-state index contributed by atoms with van der Waals surface area (Å²) < 4.78 is 2.04. The zero-order valence-electron chi connectivity index (χ0n) is 11.3. The number of alkyl halides is 1. The number of nitrogens with zero attached hydrogens (tertiary/aromatic N) is 3. The van der Waals surface area contributed by atoms with Crippen LogP contribution in [0.4, 0.5) is 5.82 Å². The first-order valence-corrected chi connectivity index (χ1v) is 8.63. The number of halogens is 1. The summed E-state index contributed by atoms with van der Waals surface area (Å²) in [7, 11) is 2.05. The molecule has 0 N–H and O–H groups in total. The number of rotatable bonds is 5. The van der Waals surface area contributed by atoms with E-state index in [1.165, 1.54) is 29.8 Å². The van der Waals surface area contributed by atoms with Gasteiger partial charge in [-0.25, -0.2) is 0 Å². The van der Waals surface area contributed by atoms with Crippen LogP contribution in [0.15, 0.2) is 16.8 Å². The molecule has 1 fully saturated rings. The number of thiophene rings is 1. The molecule has 0 atom stereocenters. The monoisotopic (exact) mass is 339 g/mol. The zero-order valence-corrected chi connectivity index (χ0v) is 13.7. The molecule has 1 aliphatic carbocycles. The molecule has 1 aliphatic rings. The first-order valence-electron chi connectivity index (χ1n) is 6.57. The van der Waals surface area contributed by atoms with Crippen LogP contribution in [0.3, 0.4) is 0 Å². The van der Waals surface area contributed by atoms with Crippen LogP contribution in [-0.4, -0.2) is 15.8 Å². The molecule has 0 unspecified atom stereocenters. The Morgan fingerprint density at radius 3 is 2.89 bits per heavy atom. The Morgan fingerprint density at radius 2 is 2.32 bits per heavy atom. The molecule has 19 heavy (non-hydrogen) atoms. The highest BCUT2D eigenvalue weighted by Gasteiger charge is 2.32. The summed E-state index contributed by atoms with van der Waals surface area (Å²) >= 11 is 5.38. The van der Waals surface area contributed by atoms with Gasteiger partial charge >= 0.3 is 0 Å². The van der Waals surface area contributed by atoms with Crippen molar-refractivity contribution in [2.24, 2.45) is 7.05 Å². The van der Waals surface area contributed by atoms with Gasteiger partial charge < -0.3 is 4.90 Å². The van der Waals surface area contributed by atoms with Crippen LogP contribution in [0.1, 0.15) is 29.7 Å². The van der Waals surface area contributed by atoms with Gasteiger partial charge in [0, 0.05) is 30.5 Å². The Kier molecular flexibility index (Phi) is 3.67. The third-order valence-corrected chi connectivity index (χ3v) is 4.93. The molecule has 0 aromatic carbocycles. The summed E-state index contributed by atoms with van der Waals surface area (Å²) in [5.41, 5.74) is 3.85. The van der Waals surface area contributed by atoms with Crippen molar-refractivity contribution in [1.82, 2.24) is 9.78 Å². The van der Waals surface area contributed by atoms with Crippen molar-refractivity contribution in [3.05, 3.63) is 33.6 Å². The van der Waals surface area contributed by atoms with E-state index in [0.717, 1.165) is 17.6 Å². The van der Waals surface area contributed by atoms with Crippen molar-refractivity contribution in [2.45, 2.75) is 37.7 Å². The molecular formula is C14H18BrN3S. The van der Waals surface area contributed by atoms with E-state index in [-0.39, 0.29) is 0 Å². The van der Waals surface area contributed by atoms with Crippen molar-refractivity contribution in [2.75, 3.05) is 4.90 Å². The lowest BCUT2D eigenvalue weighted by Gasteiger charge is -2.25. The lowest BCUT2D eigenvalue weighted by molar-refractivity contribution is 0.691. The van der Waals surface area contributed by atoms with E-state index in [4.69, 9.17) is 0 Å². The fraction of sp³-hybridized carbons (Fsp3) is 0.500. The van der Waals surface area contributed by atoms with Crippen LogP contribution in [0.25, 0.3) is 0 Å². The summed E-state index contributed by atoms with van der Waals surface area (Å²) in [5, 5.41) is 9.86. The summed E-state index contributed by atoms with van der Waals surface area (Å²) in [6.45, 7) is 3.09. The van der Waals surface area contributed by atoms with E-state index >= 15 is 0 Å². The molecule has 5 heteroatoms. The Hall–Kier alpha value is -0.810. The van der Waals surface area contributed by atoms with Crippen LogP contribution in [0.2, 0.25) is 0 Å². The second kappa shape index (κ2) is 5.29. The van der Waals surface area contributed by atoms with Gasteiger partial charge in [-0.2, -0.15) is 16.4 Å². The van der Waals surface area contributed by atoms with Gasteiger partial charge in [0.2, 0.25) is 0 Å². The molecule has 0 amide bonds. The average Bonchev–Trinajstić information content (AvgIpc) is 3.02. The molecule has 1 saturated carbocycles. The smallest absolute Gasteiger partial charge is 0.131 e. The number of hydrogen-bond acceptors (Lipinski definition) is 3. The van der Waals surface area contributed by atoms with Crippen molar-refractivity contribution in [3.63, 3.8) is 0 Å². The minimum atomic E-state index is 0.687. The van der Waals surface area contributed by atoms with Crippen molar-refractivity contribution >= 4 is 33.1 Å². The van der Waals surface area contributed by atoms with Crippen LogP contribution in [-0.2, 0) is 18.9 Å². The average molecular weight is 340 g/mol. The lowest BCUT2D eigenvalue weighted by Crippen LogP contribution is -2.27. The van der Waals surface area contributed by atoms with Gasteiger partial charge in [-0.15, -0.1) is 0 Å². The molecule has 0 aliphatic heterocycles. The Bertz CT molecular complexity index is 558. The molecule has 102 valence electrons. The maximum atomic E-state index is 4.59. The number of aryl methyl sites for hydroxylation is 2. The summed E-state index contributed by atoms with van der Waals surface area (Å²) in [5.74, 6) is 1.28. The molecular weight excluding hydrogens is 322 g/mol. The first kappa shape index (κ1) is 13.2. The predicted molar refractivity (Wildman–Crippen MR) is 84.1 cm³/mol. The molecule has 2 aromatic rings. The molecule has 2 aromatic heterocycles. The standard InChI is InChI=1S/C14H18BrN3S/c1-10-13(7-15)14(17(2)16-10)18(12-3-4-12)8-11-5-6-19-9-11/h5-6,9,12H,3-4,7-8H2,1-2H3. The molecule has 0 saturated heterocycles. The van der Waals surface area contributed by atoms with E-state index in [1.807, 2.05) is 4.68 Å². The molecule has 0 bridgehead atoms. The van der Waals surface area contributed by atoms with Gasteiger partial charge in [0.1, 0.15) is 5.82 Å². The topological polar surface area (TPSA) is 21.1 Å². The van der Waals surface area contributed by atoms with Crippen LogP contribution < -0.4 is 4.90 Å². The largest absolute Gasteiger partial charge is 0.349 e. The maximum Gasteiger partial charge on any atom is 0.131 e. The molecule has 3 nitrogen and oxygen atoms in total. The Balaban J connectivity index is 1.96. The minimum Gasteiger partial charge on any atom is -0.349 e. The molecule has 3 rings (SSSR count). The first-order chi connectivity index (χ1) is 9.20. The molecule has 0 spiro atoms. The second-order valence-corrected chi connectivity index (χ2v) is 6.48. The van der Waals surface area contributed by atoms with Crippen molar-refractivity contribution in [1.29, 1.82) is 0 Å². The highest BCUT2D eigenvalue weighted by Crippen LogP contribution is 2.36. The van der Waals surface area contributed by atoms with E-state index in [1.54, 1.807) is 11.3 Å². The van der Waals surface area contributed by atoms with Crippen LogP contribution in [0.5, 0.6) is 0 Å². The lowest BCUT2D eigenvalue weighted by atomic mass is 10.2. The van der Waals surface area contributed by atoms with Crippen molar-refractivity contribution in [3.8, 4) is 0 Å². The van der Waals surface area contributed by atoms with Gasteiger partial charge in [0.05, 0.1) is 5.69 Å². The Morgan fingerprint density at radius 1 is 1.53 bits per heavy atom. The Labute approximate surface area is 126 Å². The van der Waals surface area contributed by atoms with E-state index in [0.29, 0.717) is 6.04 Å². The molecule has 0 radical (unpaired) electrons. The fourth-order valence-corrected chi connectivity index (χ4v) is 3.86. The predicted octanol–water partition coefficient (Wildman–Crippen LogP) is 3.85. The fourth-order valence-electron chi connectivity index (χ4n) is 2.55. The zero-order chi connectivity index (χ0) is 13.4.